The van der Waals surface area contributed by atoms with Gasteiger partial charge in [-0.2, -0.15) is 0 Å². The lowest BCUT2D eigenvalue weighted by Crippen LogP contribution is -2.42. The molecule has 0 bridgehead atoms. The SMILES string of the molecule is O=C(O)C1Cc2ccccc2N1S(=O)(=O)c1cccnc1. The van der Waals surface area contributed by atoms with Crippen LogP contribution in [0.4, 0.5) is 5.69 Å². The Labute approximate surface area is 121 Å². The maximum atomic E-state index is 12.7. The summed E-state index contributed by atoms with van der Waals surface area (Å²) in [7, 11) is -3.96. The van der Waals surface area contributed by atoms with Gasteiger partial charge < -0.3 is 5.11 Å². The molecule has 1 N–H and O–H groups in total. The lowest BCUT2D eigenvalue weighted by molar-refractivity contribution is -0.138. The van der Waals surface area contributed by atoms with Gasteiger partial charge in [0.25, 0.3) is 10.0 Å². The van der Waals surface area contributed by atoms with E-state index < -0.39 is 22.0 Å². The molecule has 0 fully saturated rings. The fourth-order valence-corrected chi connectivity index (χ4v) is 4.06. The molecule has 1 aromatic carbocycles. The van der Waals surface area contributed by atoms with Crippen LogP contribution >= 0.6 is 0 Å². The number of carboxylic acid groups (broad SMARTS) is 1. The summed E-state index contributed by atoms with van der Waals surface area (Å²) in [5.74, 6) is -1.17. The Kier molecular flexibility index (Phi) is 3.13. The van der Waals surface area contributed by atoms with Gasteiger partial charge in [0.2, 0.25) is 0 Å². The van der Waals surface area contributed by atoms with Gasteiger partial charge in [0.1, 0.15) is 10.9 Å². The van der Waals surface area contributed by atoms with E-state index in [9.17, 15) is 18.3 Å². The molecule has 1 aliphatic heterocycles. The number of aromatic nitrogens is 1. The second-order valence-corrected chi connectivity index (χ2v) is 6.49. The number of fused-ring (bicyclic) bond motifs is 1. The highest BCUT2D eigenvalue weighted by atomic mass is 32.2. The van der Waals surface area contributed by atoms with Crippen molar-refractivity contribution in [1.82, 2.24) is 4.98 Å². The van der Waals surface area contributed by atoms with Gasteiger partial charge in [0.15, 0.2) is 0 Å². The standard InChI is InChI=1S/C14H12N2O4S/c17-14(18)13-8-10-4-1-2-6-12(10)16(13)21(19,20)11-5-3-7-15-9-11/h1-7,9,13H,8H2,(H,17,18). The number of rotatable bonds is 3. The number of nitrogens with zero attached hydrogens (tertiary/aromatic N) is 2. The molecule has 0 aliphatic carbocycles. The molecule has 0 spiro atoms. The lowest BCUT2D eigenvalue weighted by atomic mass is 10.1. The van der Waals surface area contributed by atoms with Crippen molar-refractivity contribution in [2.24, 2.45) is 0 Å². The fraction of sp³-hybridized carbons (Fsp3) is 0.143. The number of carbonyl (C=O) groups is 1. The highest BCUT2D eigenvalue weighted by Crippen LogP contribution is 2.36. The highest BCUT2D eigenvalue weighted by Gasteiger charge is 2.42. The summed E-state index contributed by atoms with van der Waals surface area (Å²) in [6, 6.07) is 8.59. The fourth-order valence-electron chi connectivity index (χ4n) is 2.46. The van der Waals surface area contributed by atoms with Crippen LogP contribution in [0.1, 0.15) is 5.56 Å². The van der Waals surface area contributed by atoms with Gasteiger partial charge >= 0.3 is 5.97 Å². The van der Waals surface area contributed by atoms with Gasteiger partial charge in [-0.1, -0.05) is 18.2 Å². The smallest absolute Gasteiger partial charge is 0.327 e. The zero-order chi connectivity index (χ0) is 15.0. The number of hydrogen-bond acceptors (Lipinski definition) is 4. The summed E-state index contributed by atoms with van der Waals surface area (Å²) in [6.45, 7) is 0. The van der Waals surface area contributed by atoms with E-state index in [1.807, 2.05) is 0 Å². The molecule has 1 unspecified atom stereocenters. The first kappa shape index (κ1) is 13.6. The van der Waals surface area contributed by atoms with Crippen LogP contribution in [0.2, 0.25) is 0 Å². The largest absolute Gasteiger partial charge is 0.480 e. The minimum Gasteiger partial charge on any atom is -0.480 e. The van der Waals surface area contributed by atoms with Crippen LogP contribution in [-0.4, -0.2) is 30.5 Å². The molecule has 7 heteroatoms. The van der Waals surface area contributed by atoms with E-state index in [2.05, 4.69) is 4.98 Å². The third kappa shape index (κ3) is 2.15. The first-order valence-corrected chi connectivity index (χ1v) is 7.71. The van der Waals surface area contributed by atoms with Gasteiger partial charge in [-0.25, -0.2) is 13.2 Å². The van der Waals surface area contributed by atoms with Crippen molar-refractivity contribution in [2.45, 2.75) is 17.4 Å². The van der Waals surface area contributed by atoms with Crippen molar-refractivity contribution in [3.05, 3.63) is 54.4 Å². The van der Waals surface area contributed by atoms with Crippen molar-refractivity contribution >= 4 is 21.7 Å². The summed E-state index contributed by atoms with van der Waals surface area (Å²) in [5, 5.41) is 9.34. The number of carboxylic acids is 1. The number of para-hydroxylation sites is 1. The monoisotopic (exact) mass is 304 g/mol. The molecular weight excluding hydrogens is 292 g/mol. The Hall–Kier alpha value is -2.41. The van der Waals surface area contributed by atoms with Gasteiger partial charge in [0.05, 0.1) is 5.69 Å². The summed E-state index contributed by atoms with van der Waals surface area (Å²) in [6.07, 6.45) is 2.84. The third-order valence-corrected chi connectivity index (χ3v) is 5.21. The molecule has 0 amide bonds. The zero-order valence-corrected chi connectivity index (χ0v) is 11.7. The Morgan fingerprint density at radius 1 is 1.24 bits per heavy atom. The summed E-state index contributed by atoms with van der Waals surface area (Å²) in [5.41, 5.74) is 1.12. The minimum atomic E-state index is -3.96. The molecule has 1 aromatic heterocycles. The summed E-state index contributed by atoms with van der Waals surface area (Å²) >= 11 is 0. The van der Waals surface area contributed by atoms with Crippen LogP contribution in [0.3, 0.4) is 0 Å². The first-order valence-electron chi connectivity index (χ1n) is 6.27. The molecule has 0 saturated carbocycles. The molecule has 0 radical (unpaired) electrons. The Morgan fingerprint density at radius 3 is 2.67 bits per heavy atom. The molecule has 1 aliphatic rings. The van der Waals surface area contributed by atoms with Crippen LogP contribution in [-0.2, 0) is 21.2 Å². The topological polar surface area (TPSA) is 87.6 Å². The number of anilines is 1. The average molecular weight is 304 g/mol. The van der Waals surface area contributed by atoms with E-state index in [-0.39, 0.29) is 11.3 Å². The lowest BCUT2D eigenvalue weighted by Gasteiger charge is -2.24. The summed E-state index contributed by atoms with van der Waals surface area (Å²) in [4.78, 5) is 15.2. The van der Waals surface area contributed by atoms with Crippen molar-refractivity contribution in [2.75, 3.05) is 4.31 Å². The molecule has 2 aromatic rings. The number of pyridine rings is 1. The molecule has 108 valence electrons. The number of benzene rings is 1. The van der Waals surface area contributed by atoms with Crippen LogP contribution in [0.5, 0.6) is 0 Å². The molecular formula is C14H12N2O4S. The zero-order valence-electron chi connectivity index (χ0n) is 10.9. The second-order valence-electron chi connectivity index (χ2n) is 4.68. The Morgan fingerprint density at radius 2 is 2.00 bits per heavy atom. The van der Waals surface area contributed by atoms with Crippen LogP contribution < -0.4 is 4.31 Å². The predicted octanol–water partition coefficient (Wildman–Crippen LogP) is 1.29. The average Bonchev–Trinajstić information content (AvgIpc) is 2.88. The van der Waals surface area contributed by atoms with Gasteiger partial charge in [-0.05, 0) is 23.8 Å². The van der Waals surface area contributed by atoms with Crippen molar-refractivity contribution < 1.29 is 18.3 Å². The van der Waals surface area contributed by atoms with Crippen molar-refractivity contribution in [1.29, 1.82) is 0 Å². The maximum Gasteiger partial charge on any atom is 0.327 e. The van der Waals surface area contributed by atoms with Crippen LogP contribution in [0, 0.1) is 0 Å². The van der Waals surface area contributed by atoms with Crippen molar-refractivity contribution in [3.8, 4) is 0 Å². The minimum absolute atomic E-state index is 0.0204. The van der Waals surface area contributed by atoms with E-state index in [1.54, 1.807) is 24.3 Å². The van der Waals surface area contributed by atoms with Gasteiger partial charge in [-0.3, -0.25) is 9.29 Å². The van der Waals surface area contributed by atoms with E-state index >= 15 is 0 Å². The molecule has 3 rings (SSSR count). The normalized spacial score (nSPS) is 17.5. The maximum absolute atomic E-state index is 12.7. The number of hydrogen-bond donors (Lipinski definition) is 1. The van der Waals surface area contributed by atoms with Crippen molar-refractivity contribution in [3.63, 3.8) is 0 Å². The number of sulfonamides is 1. The molecule has 6 nitrogen and oxygen atoms in total. The Balaban J connectivity index is 2.17. The van der Waals surface area contributed by atoms with E-state index in [0.717, 1.165) is 4.31 Å². The van der Waals surface area contributed by atoms with E-state index in [0.29, 0.717) is 11.3 Å². The van der Waals surface area contributed by atoms with E-state index in [1.165, 1.54) is 24.5 Å². The second kappa shape index (κ2) is 4.85. The van der Waals surface area contributed by atoms with Crippen LogP contribution in [0.15, 0.2) is 53.7 Å². The molecule has 0 saturated heterocycles. The third-order valence-electron chi connectivity index (χ3n) is 3.40. The highest BCUT2D eigenvalue weighted by molar-refractivity contribution is 7.93. The predicted molar refractivity (Wildman–Crippen MR) is 75.5 cm³/mol. The van der Waals surface area contributed by atoms with E-state index in [4.69, 9.17) is 0 Å². The summed E-state index contributed by atoms with van der Waals surface area (Å²) < 4.78 is 26.4. The van der Waals surface area contributed by atoms with Gasteiger partial charge in [0, 0.05) is 18.8 Å². The first-order chi connectivity index (χ1) is 10.0. The van der Waals surface area contributed by atoms with Crippen LogP contribution in [0.25, 0.3) is 0 Å². The Bertz CT molecular complexity index is 790. The molecule has 1 atom stereocenters. The molecule has 21 heavy (non-hydrogen) atoms. The van der Waals surface area contributed by atoms with Gasteiger partial charge in [-0.15, -0.1) is 0 Å². The molecule has 2 heterocycles. The number of aliphatic carboxylic acids is 1. The quantitative estimate of drug-likeness (QED) is 0.923.